The molecule has 2 rings (SSSR count). The molecule has 0 atom stereocenters. The number of halogens is 3. The van der Waals surface area contributed by atoms with Crippen molar-refractivity contribution < 1.29 is 8.78 Å². The maximum Gasteiger partial charge on any atom is 0.184 e. The first-order valence-corrected chi connectivity index (χ1v) is 7.60. The van der Waals surface area contributed by atoms with Crippen molar-refractivity contribution in [3.8, 4) is 0 Å². The molecule has 1 aromatic heterocycles. The molecule has 0 amide bonds. The third-order valence-electron chi connectivity index (χ3n) is 3.09. The van der Waals surface area contributed by atoms with Crippen LogP contribution < -0.4 is 0 Å². The van der Waals surface area contributed by atoms with Gasteiger partial charge in [0.15, 0.2) is 11.6 Å². The van der Waals surface area contributed by atoms with Crippen LogP contribution in [0.15, 0.2) is 12.1 Å². The summed E-state index contributed by atoms with van der Waals surface area (Å²) in [4.78, 5) is 4.27. The molecule has 0 unspecified atom stereocenters. The largest absolute Gasteiger partial charge is 0.323 e. The Bertz CT molecular complexity index is 610. The van der Waals surface area contributed by atoms with Crippen LogP contribution in [-0.4, -0.2) is 20.6 Å². The number of nitrogens with zero attached hydrogens (tertiary/aromatic N) is 2. The highest BCUT2D eigenvalue weighted by molar-refractivity contribution is 7.99. The Kier molecular flexibility index (Phi) is 4.06. The Balaban J connectivity index is 2.66. The van der Waals surface area contributed by atoms with Crippen LogP contribution in [0.4, 0.5) is 8.78 Å². The molecule has 1 heterocycles. The van der Waals surface area contributed by atoms with Crippen molar-refractivity contribution in [2.45, 2.75) is 31.0 Å². The van der Waals surface area contributed by atoms with Crippen molar-refractivity contribution >= 4 is 34.4 Å². The molecule has 1 aromatic carbocycles. The van der Waals surface area contributed by atoms with E-state index in [4.69, 9.17) is 11.6 Å². The SMILES string of the molecule is CSC(C)(C)Cn1c(CCl)nc2ccc(F)c(F)c21. The van der Waals surface area contributed by atoms with E-state index in [0.29, 0.717) is 17.9 Å². The zero-order valence-corrected chi connectivity index (χ0v) is 12.6. The zero-order valence-electron chi connectivity index (χ0n) is 11.0. The van der Waals surface area contributed by atoms with E-state index in [2.05, 4.69) is 4.98 Å². The fourth-order valence-corrected chi connectivity index (χ4v) is 2.39. The molecule has 0 N–H and O–H groups in total. The first-order valence-electron chi connectivity index (χ1n) is 5.84. The summed E-state index contributed by atoms with van der Waals surface area (Å²) < 4.78 is 29.0. The zero-order chi connectivity index (χ0) is 14.2. The highest BCUT2D eigenvalue weighted by Crippen LogP contribution is 2.29. The number of imidazole rings is 1. The first-order chi connectivity index (χ1) is 8.89. The molecule has 2 aromatic rings. The number of fused-ring (bicyclic) bond motifs is 1. The van der Waals surface area contributed by atoms with Crippen molar-refractivity contribution in [2.75, 3.05) is 6.26 Å². The molecule has 0 aliphatic carbocycles. The lowest BCUT2D eigenvalue weighted by atomic mass is 10.2. The smallest absolute Gasteiger partial charge is 0.184 e. The molecule has 6 heteroatoms. The Labute approximate surface area is 120 Å². The summed E-state index contributed by atoms with van der Waals surface area (Å²) >= 11 is 7.52. The average Bonchev–Trinajstić information content (AvgIpc) is 2.72. The van der Waals surface area contributed by atoms with E-state index in [-0.39, 0.29) is 16.1 Å². The van der Waals surface area contributed by atoms with Gasteiger partial charge in [0.1, 0.15) is 11.3 Å². The molecular formula is C13H15ClF2N2S. The minimum absolute atomic E-state index is 0.118. The van der Waals surface area contributed by atoms with Crippen LogP contribution in [0.5, 0.6) is 0 Å². The minimum Gasteiger partial charge on any atom is -0.323 e. The van der Waals surface area contributed by atoms with E-state index in [0.717, 1.165) is 6.07 Å². The molecule has 0 fully saturated rings. The molecule has 0 bridgehead atoms. The monoisotopic (exact) mass is 304 g/mol. The molecule has 19 heavy (non-hydrogen) atoms. The fourth-order valence-electron chi connectivity index (χ4n) is 1.92. The summed E-state index contributed by atoms with van der Waals surface area (Å²) in [6, 6.07) is 2.57. The van der Waals surface area contributed by atoms with Gasteiger partial charge in [0.2, 0.25) is 0 Å². The van der Waals surface area contributed by atoms with E-state index in [1.807, 2.05) is 20.1 Å². The third kappa shape index (κ3) is 2.72. The quantitative estimate of drug-likeness (QED) is 0.788. The van der Waals surface area contributed by atoms with Crippen molar-refractivity contribution in [2.24, 2.45) is 0 Å². The van der Waals surface area contributed by atoms with Crippen LogP contribution in [-0.2, 0) is 12.4 Å². The predicted molar refractivity (Wildman–Crippen MR) is 76.8 cm³/mol. The minimum atomic E-state index is -0.864. The van der Waals surface area contributed by atoms with Crippen LogP contribution >= 0.6 is 23.4 Å². The maximum atomic E-state index is 14.0. The van der Waals surface area contributed by atoms with E-state index >= 15 is 0 Å². The van der Waals surface area contributed by atoms with Crippen LogP contribution in [0, 0.1) is 11.6 Å². The van der Waals surface area contributed by atoms with Gasteiger partial charge in [-0.3, -0.25) is 0 Å². The van der Waals surface area contributed by atoms with Gasteiger partial charge < -0.3 is 4.57 Å². The lowest BCUT2D eigenvalue weighted by Crippen LogP contribution is -2.23. The van der Waals surface area contributed by atoms with Gasteiger partial charge in [-0.2, -0.15) is 11.8 Å². The van der Waals surface area contributed by atoms with Gasteiger partial charge in [-0.15, -0.1) is 11.6 Å². The fraction of sp³-hybridized carbons (Fsp3) is 0.462. The van der Waals surface area contributed by atoms with E-state index in [1.54, 1.807) is 16.3 Å². The third-order valence-corrected chi connectivity index (χ3v) is 4.56. The van der Waals surface area contributed by atoms with Gasteiger partial charge in [-0.05, 0) is 32.2 Å². The number of aromatic nitrogens is 2. The first kappa shape index (κ1) is 14.6. The Morgan fingerprint density at radius 3 is 2.63 bits per heavy atom. The van der Waals surface area contributed by atoms with Crippen LogP contribution in [0.1, 0.15) is 19.7 Å². The predicted octanol–water partition coefficient (Wildman–Crippen LogP) is 4.19. The van der Waals surface area contributed by atoms with Crippen molar-refractivity contribution in [1.82, 2.24) is 9.55 Å². The standard InChI is InChI=1S/C13H15ClF2N2S/c1-13(2,19-3)7-18-10(6-14)17-9-5-4-8(15)11(16)12(9)18/h4-5H,6-7H2,1-3H3. The van der Waals surface area contributed by atoms with E-state index < -0.39 is 11.6 Å². The molecule has 0 spiro atoms. The van der Waals surface area contributed by atoms with Crippen LogP contribution in [0.3, 0.4) is 0 Å². The Morgan fingerprint density at radius 1 is 1.37 bits per heavy atom. The molecule has 0 radical (unpaired) electrons. The summed E-state index contributed by atoms with van der Waals surface area (Å²) in [5.74, 6) is -1.00. The van der Waals surface area contributed by atoms with Gasteiger partial charge in [0, 0.05) is 11.3 Å². The Morgan fingerprint density at radius 2 is 2.05 bits per heavy atom. The highest BCUT2D eigenvalue weighted by Gasteiger charge is 2.23. The van der Waals surface area contributed by atoms with Gasteiger partial charge in [0.25, 0.3) is 0 Å². The van der Waals surface area contributed by atoms with Gasteiger partial charge >= 0.3 is 0 Å². The number of hydrogen-bond donors (Lipinski definition) is 0. The van der Waals surface area contributed by atoms with Crippen LogP contribution in [0.2, 0.25) is 0 Å². The molecular weight excluding hydrogens is 290 g/mol. The molecule has 2 nitrogen and oxygen atoms in total. The highest BCUT2D eigenvalue weighted by atomic mass is 35.5. The Hall–Kier alpha value is -0.810. The summed E-state index contributed by atoms with van der Waals surface area (Å²) in [7, 11) is 0. The lowest BCUT2D eigenvalue weighted by molar-refractivity contribution is 0.503. The second-order valence-electron chi connectivity index (χ2n) is 4.94. The molecule has 104 valence electrons. The summed E-state index contributed by atoms with van der Waals surface area (Å²) in [6.45, 7) is 4.60. The van der Waals surface area contributed by atoms with E-state index in [1.165, 1.54) is 6.07 Å². The molecule has 0 saturated carbocycles. The molecule has 0 saturated heterocycles. The second kappa shape index (κ2) is 5.29. The van der Waals surface area contributed by atoms with E-state index in [9.17, 15) is 8.78 Å². The topological polar surface area (TPSA) is 17.8 Å². The van der Waals surface area contributed by atoms with Gasteiger partial charge in [-0.1, -0.05) is 0 Å². The van der Waals surface area contributed by atoms with Gasteiger partial charge in [-0.25, -0.2) is 13.8 Å². The summed E-state index contributed by atoms with van der Waals surface area (Å²) in [5, 5.41) is 0. The average molecular weight is 305 g/mol. The lowest BCUT2D eigenvalue weighted by Gasteiger charge is -2.24. The van der Waals surface area contributed by atoms with Crippen molar-refractivity contribution in [3.05, 3.63) is 29.6 Å². The number of alkyl halides is 1. The number of hydrogen-bond acceptors (Lipinski definition) is 2. The second-order valence-corrected chi connectivity index (χ2v) is 6.72. The summed E-state index contributed by atoms with van der Waals surface area (Å²) in [6.07, 6.45) is 1.98. The molecule has 0 aliphatic heterocycles. The van der Waals surface area contributed by atoms with Crippen molar-refractivity contribution in [3.63, 3.8) is 0 Å². The maximum absolute atomic E-state index is 14.0. The number of rotatable bonds is 4. The normalized spacial score (nSPS) is 12.3. The number of thioether (sulfide) groups is 1. The van der Waals surface area contributed by atoms with Gasteiger partial charge in [0.05, 0.1) is 11.4 Å². The molecule has 0 aliphatic rings. The van der Waals surface area contributed by atoms with Crippen molar-refractivity contribution in [1.29, 1.82) is 0 Å². The summed E-state index contributed by atoms with van der Waals surface area (Å²) in [5.41, 5.74) is 0.629. The number of benzene rings is 1. The van der Waals surface area contributed by atoms with Crippen LogP contribution in [0.25, 0.3) is 11.0 Å².